The maximum absolute atomic E-state index is 13.1. The quantitative estimate of drug-likeness (QED) is 0.607. The molecule has 1 saturated heterocycles. The number of ether oxygens (including phenoxy) is 2. The average Bonchev–Trinajstić information content (AvgIpc) is 2.78. The lowest BCUT2D eigenvalue weighted by molar-refractivity contribution is -0.274. The molecule has 0 saturated carbocycles. The molecule has 1 fully saturated rings. The van der Waals surface area contributed by atoms with E-state index in [0.717, 1.165) is 18.4 Å². The fourth-order valence-electron chi connectivity index (χ4n) is 3.97. The molecule has 1 amide bonds. The van der Waals surface area contributed by atoms with Crippen LogP contribution in [-0.2, 0) is 16.1 Å². The van der Waals surface area contributed by atoms with Crippen LogP contribution in [0.25, 0.3) is 0 Å². The fraction of sp³-hybridized carbons (Fsp3) is 0.417. The van der Waals surface area contributed by atoms with Crippen molar-refractivity contribution in [3.05, 3.63) is 65.2 Å². The Balaban J connectivity index is 1.65. The molecular weight excluding hydrogens is 437 g/mol. The first-order valence-corrected chi connectivity index (χ1v) is 10.7. The van der Waals surface area contributed by atoms with Gasteiger partial charge in [-0.3, -0.25) is 9.69 Å². The van der Waals surface area contributed by atoms with Gasteiger partial charge in [0.2, 0.25) is 5.91 Å². The summed E-state index contributed by atoms with van der Waals surface area (Å²) >= 11 is 0. The minimum atomic E-state index is -4.75. The van der Waals surface area contributed by atoms with E-state index in [1.165, 1.54) is 25.3 Å². The van der Waals surface area contributed by atoms with Gasteiger partial charge < -0.3 is 14.8 Å². The minimum Gasteiger partial charge on any atom is -0.465 e. The standard InChI is InChI=1S/C24H27F3N2O4/c1-16(18-9-11-19(12-10-18)23(31)32-2)28-22(30)21-8-3-4-13-29(21)15-17-6-5-7-20(14-17)33-24(25,26)27/h5-7,9-12,14,16,21H,3-4,8,13,15H2,1-2H3,(H,28,30)/t16-,21+/m0/s1. The average molecular weight is 464 g/mol. The molecule has 0 radical (unpaired) electrons. The van der Waals surface area contributed by atoms with Gasteiger partial charge in [0.15, 0.2) is 0 Å². The Kier molecular flexibility index (Phi) is 7.97. The van der Waals surface area contributed by atoms with E-state index in [4.69, 9.17) is 4.74 Å². The molecule has 2 aromatic rings. The van der Waals surface area contributed by atoms with E-state index in [9.17, 15) is 22.8 Å². The Hall–Kier alpha value is -3.07. The van der Waals surface area contributed by atoms with Crippen LogP contribution in [0.4, 0.5) is 13.2 Å². The van der Waals surface area contributed by atoms with Gasteiger partial charge in [-0.25, -0.2) is 4.79 Å². The van der Waals surface area contributed by atoms with Crippen molar-refractivity contribution in [2.75, 3.05) is 13.7 Å². The highest BCUT2D eigenvalue weighted by Gasteiger charge is 2.32. The monoisotopic (exact) mass is 464 g/mol. The fourth-order valence-corrected chi connectivity index (χ4v) is 3.97. The van der Waals surface area contributed by atoms with Crippen LogP contribution < -0.4 is 10.1 Å². The number of hydrogen-bond acceptors (Lipinski definition) is 5. The largest absolute Gasteiger partial charge is 0.573 e. The third-order valence-electron chi connectivity index (χ3n) is 5.62. The van der Waals surface area contributed by atoms with Crippen LogP contribution in [0, 0.1) is 0 Å². The highest BCUT2D eigenvalue weighted by atomic mass is 19.4. The normalized spacial score (nSPS) is 17.8. The number of likely N-dealkylation sites (tertiary alicyclic amines) is 1. The lowest BCUT2D eigenvalue weighted by atomic mass is 9.99. The Labute approximate surface area is 190 Å². The number of carbonyl (C=O) groups excluding carboxylic acids is 2. The van der Waals surface area contributed by atoms with Crippen LogP contribution in [0.1, 0.15) is 53.7 Å². The maximum Gasteiger partial charge on any atom is 0.573 e. The second-order valence-electron chi connectivity index (χ2n) is 8.02. The number of amides is 1. The van der Waals surface area contributed by atoms with Crippen molar-refractivity contribution in [2.45, 2.75) is 51.2 Å². The molecular formula is C24H27F3N2O4. The van der Waals surface area contributed by atoms with Gasteiger partial charge in [0, 0.05) is 6.54 Å². The molecule has 1 heterocycles. The summed E-state index contributed by atoms with van der Waals surface area (Å²) in [6.07, 6.45) is -2.28. The number of benzene rings is 2. The summed E-state index contributed by atoms with van der Waals surface area (Å²) in [5.41, 5.74) is 1.91. The molecule has 6 nitrogen and oxygen atoms in total. The summed E-state index contributed by atoms with van der Waals surface area (Å²) in [5.74, 6) is -0.843. The predicted octanol–water partition coefficient (Wildman–Crippen LogP) is 4.60. The summed E-state index contributed by atoms with van der Waals surface area (Å²) in [5, 5.41) is 3.02. The molecule has 2 atom stereocenters. The molecule has 2 aromatic carbocycles. The molecule has 178 valence electrons. The highest BCUT2D eigenvalue weighted by molar-refractivity contribution is 5.89. The molecule has 33 heavy (non-hydrogen) atoms. The van der Waals surface area contributed by atoms with Crippen LogP contribution in [0.5, 0.6) is 5.75 Å². The van der Waals surface area contributed by atoms with Crippen molar-refractivity contribution in [3.63, 3.8) is 0 Å². The molecule has 0 spiro atoms. The number of hydrogen-bond donors (Lipinski definition) is 1. The van der Waals surface area contributed by atoms with Gasteiger partial charge in [0.05, 0.1) is 24.8 Å². The summed E-state index contributed by atoms with van der Waals surface area (Å²) in [4.78, 5) is 26.6. The summed E-state index contributed by atoms with van der Waals surface area (Å²) in [7, 11) is 1.31. The molecule has 0 aliphatic carbocycles. The molecule has 0 aromatic heterocycles. The highest BCUT2D eigenvalue weighted by Crippen LogP contribution is 2.26. The number of halogens is 3. The van der Waals surface area contributed by atoms with E-state index >= 15 is 0 Å². The molecule has 1 aliphatic heterocycles. The van der Waals surface area contributed by atoms with Gasteiger partial charge in [-0.2, -0.15) is 0 Å². The minimum absolute atomic E-state index is 0.137. The number of piperidine rings is 1. The van der Waals surface area contributed by atoms with Crippen molar-refractivity contribution in [2.24, 2.45) is 0 Å². The first kappa shape index (κ1) is 24.6. The Bertz CT molecular complexity index is 963. The number of nitrogens with one attached hydrogen (secondary N) is 1. The lowest BCUT2D eigenvalue weighted by Gasteiger charge is -2.35. The topological polar surface area (TPSA) is 67.9 Å². The van der Waals surface area contributed by atoms with Crippen LogP contribution in [-0.4, -0.2) is 42.8 Å². The molecule has 9 heteroatoms. The molecule has 0 bridgehead atoms. The van der Waals surface area contributed by atoms with Crippen LogP contribution in [0.15, 0.2) is 48.5 Å². The Morgan fingerprint density at radius 3 is 2.55 bits per heavy atom. The third kappa shape index (κ3) is 6.95. The zero-order chi connectivity index (χ0) is 24.0. The molecule has 3 rings (SSSR count). The second-order valence-corrected chi connectivity index (χ2v) is 8.02. The van der Waals surface area contributed by atoms with Crippen molar-refractivity contribution in [1.82, 2.24) is 10.2 Å². The van der Waals surface area contributed by atoms with Gasteiger partial charge in [-0.1, -0.05) is 30.7 Å². The van der Waals surface area contributed by atoms with Crippen molar-refractivity contribution in [3.8, 4) is 5.75 Å². The van der Waals surface area contributed by atoms with Crippen LogP contribution >= 0.6 is 0 Å². The van der Waals surface area contributed by atoms with Crippen molar-refractivity contribution < 1.29 is 32.2 Å². The first-order valence-electron chi connectivity index (χ1n) is 10.7. The zero-order valence-electron chi connectivity index (χ0n) is 18.5. The van der Waals surface area contributed by atoms with Gasteiger partial charge in [0.25, 0.3) is 0 Å². The van der Waals surface area contributed by atoms with Gasteiger partial charge in [-0.05, 0) is 61.7 Å². The SMILES string of the molecule is COC(=O)c1ccc([C@H](C)NC(=O)[C@H]2CCCCN2Cc2cccc(OC(F)(F)F)c2)cc1. The number of rotatable bonds is 7. The number of carbonyl (C=O) groups is 2. The summed E-state index contributed by atoms with van der Waals surface area (Å²) in [6, 6.07) is 12.0. The number of nitrogens with zero attached hydrogens (tertiary/aromatic N) is 1. The van der Waals surface area contributed by atoms with Crippen LogP contribution in [0.2, 0.25) is 0 Å². The lowest BCUT2D eigenvalue weighted by Crippen LogP contribution is -2.49. The van der Waals surface area contributed by atoms with E-state index < -0.39 is 12.3 Å². The van der Waals surface area contributed by atoms with Gasteiger partial charge in [0.1, 0.15) is 5.75 Å². The van der Waals surface area contributed by atoms with Gasteiger partial charge >= 0.3 is 12.3 Å². The Morgan fingerprint density at radius 1 is 1.15 bits per heavy atom. The van der Waals surface area contributed by atoms with Crippen molar-refractivity contribution >= 4 is 11.9 Å². The van der Waals surface area contributed by atoms with E-state index in [0.29, 0.717) is 30.6 Å². The number of esters is 1. The number of methoxy groups -OCH3 is 1. The van der Waals surface area contributed by atoms with E-state index in [1.807, 2.05) is 11.8 Å². The molecule has 1 aliphatic rings. The predicted molar refractivity (Wildman–Crippen MR) is 116 cm³/mol. The number of alkyl halides is 3. The van der Waals surface area contributed by atoms with E-state index in [-0.39, 0.29) is 23.7 Å². The summed E-state index contributed by atoms with van der Waals surface area (Å²) < 4.78 is 46.3. The third-order valence-corrected chi connectivity index (χ3v) is 5.62. The Morgan fingerprint density at radius 2 is 1.88 bits per heavy atom. The van der Waals surface area contributed by atoms with E-state index in [1.54, 1.807) is 30.3 Å². The summed E-state index contributed by atoms with van der Waals surface area (Å²) in [6.45, 7) is 2.87. The van der Waals surface area contributed by atoms with Crippen LogP contribution in [0.3, 0.4) is 0 Å². The zero-order valence-corrected chi connectivity index (χ0v) is 18.5. The van der Waals surface area contributed by atoms with Crippen molar-refractivity contribution in [1.29, 1.82) is 0 Å². The van der Waals surface area contributed by atoms with E-state index in [2.05, 4.69) is 10.1 Å². The molecule has 0 unspecified atom stereocenters. The maximum atomic E-state index is 13.1. The second kappa shape index (κ2) is 10.7. The smallest absolute Gasteiger partial charge is 0.465 e. The molecule has 1 N–H and O–H groups in total. The van der Waals surface area contributed by atoms with Gasteiger partial charge in [-0.15, -0.1) is 13.2 Å². The first-order chi connectivity index (χ1) is 15.7.